The Morgan fingerprint density at radius 2 is 1.31 bits per heavy atom. The fraction of sp³-hybridized carbons (Fsp3) is 0.0323. The Hall–Kier alpha value is -4.10. The lowest BCUT2D eigenvalue weighted by Gasteiger charge is -2.12. The fourth-order valence-corrected chi connectivity index (χ4v) is 5.38. The Kier molecular flexibility index (Phi) is 3.54. The Morgan fingerprint density at radius 1 is 0.594 bits per heavy atom. The standard InChI is InChI=1S/C31H21N/c1-20-13-18-28-27(19-20)30-25-11-5-9-23-10-6-12-26(29(23)25)31(30)32(28)24-16-14-22(15-17-24)21-7-3-2-4-8-21/h2-19H,1H3. The highest BCUT2D eigenvalue weighted by Crippen LogP contribution is 2.52. The average Bonchev–Trinajstić information content (AvgIpc) is 3.35. The van der Waals surface area contributed by atoms with Gasteiger partial charge in [0.1, 0.15) is 0 Å². The van der Waals surface area contributed by atoms with Gasteiger partial charge in [0.05, 0.1) is 11.2 Å². The molecule has 0 atom stereocenters. The molecule has 1 nitrogen and oxygen atoms in total. The zero-order valence-electron chi connectivity index (χ0n) is 17.8. The van der Waals surface area contributed by atoms with Crippen molar-refractivity contribution in [1.82, 2.24) is 4.57 Å². The van der Waals surface area contributed by atoms with Crippen LogP contribution in [0.4, 0.5) is 0 Å². The molecule has 1 aliphatic rings. The first-order chi connectivity index (χ1) is 15.8. The van der Waals surface area contributed by atoms with Gasteiger partial charge in [-0.05, 0) is 58.7 Å². The normalized spacial score (nSPS) is 11.9. The van der Waals surface area contributed by atoms with Gasteiger partial charge in [-0.15, -0.1) is 0 Å². The second-order valence-electron chi connectivity index (χ2n) is 8.70. The van der Waals surface area contributed by atoms with Crippen LogP contribution in [0.3, 0.4) is 0 Å². The van der Waals surface area contributed by atoms with Crippen LogP contribution in [0.1, 0.15) is 5.56 Å². The van der Waals surface area contributed by atoms with Crippen LogP contribution < -0.4 is 0 Å². The first-order valence-corrected chi connectivity index (χ1v) is 11.1. The van der Waals surface area contributed by atoms with Gasteiger partial charge in [0.25, 0.3) is 0 Å². The van der Waals surface area contributed by atoms with E-state index in [0.717, 1.165) is 0 Å². The van der Waals surface area contributed by atoms with Crippen molar-refractivity contribution in [2.24, 2.45) is 0 Å². The largest absolute Gasteiger partial charge is 0.309 e. The summed E-state index contributed by atoms with van der Waals surface area (Å²) in [5.74, 6) is 0. The molecule has 32 heavy (non-hydrogen) atoms. The predicted octanol–water partition coefficient (Wildman–Crippen LogP) is 8.41. The molecule has 0 saturated heterocycles. The molecule has 6 aromatic rings. The molecule has 1 aliphatic carbocycles. The van der Waals surface area contributed by atoms with Crippen LogP contribution in [0.15, 0.2) is 109 Å². The summed E-state index contributed by atoms with van der Waals surface area (Å²) in [5.41, 5.74) is 11.6. The van der Waals surface area contributed by atoms with E-state index in [1.165, 1.54) is 66.4 Å². The summed E-state index contributed by atoms with van der Waals surface area (Å²) >= 11 is 0. The number of nitrogens with zero attached hydrogens (tertiary/aromatic N) is 1. The maximum Gasteiger partial charge on any atom is 0.0626 e. The Bertz CT molecular complexity index is 1650. The molecule has 0 bridgehead atoms. The summed E-state index contributed by atoms with van der Waals surface area (Å²) in [6, 6.07) is 39.8. The van der Waals surface area contributed by atoms with Crippen LogP contribution >= 0.6 is 0 Å². The fourth-order valence-electron chi connectivity index (χ4n) is 5.38. The third kappa shape index (κ3) is 2.34. The lowest BCUT2D eigenvalue weighted by molar-refractivity contribution is 1.14. The summed E-state index contributed by atoms with van der Waals surface area (Å²) < 4.78 is 2.45. The van der Waals surface area contributed by atoms with E-state index >= 15 is 0 Å². The van der Waals surface area contributed by atoms with Crippen molar-refractivity contribution in [3.05, 3.63) is 115 Å². The average molecular weight is 408 g/mol. The van der Waals surface area contributed by atoms with E-state index in [4.69, 9.17) is 0 Å². The van der Waals surface area contributed by atoms with Gasteiger partial charge >= 0.3 is 0 Å². The van der Waals surface area contributed by atoms with Crippen LogP contribution in [0.5, 0.6) is 0 Å². The zero-order valence-corrected chi connectivity index (χ0v) is 17.8. The number of aromatic nitrogens is 1. The molecule has 0 aliphatic heterocycles. The molecule has 0 amide bonds. The maximum atomic E-state index is 2.45. The van der Waals surface area contributed by atoms with Crippen molar-refractivity contribution in [1.29, 1.82) is 0 Å². The Morgan fingerprint density at radius 3 is 2.09 bits per heavy atom. The molecule has 1 aromatic heterocycles. The van der Waals surface area contributed by atoms with Crippen molar-refractivity contribution >= 4 is 21.7 Å². The summed E-state index contributed by atoms with van der Waals surface area (Å²) in [6.07, 6.45) is 0. The van der Waals surface area contributed by atoms with E-state index in [0.29, 0.717) is 0 Å². The Balaban J connectivity index is 1.54. The molecule has 150 valence electrons. The highest BCUT2D eigenvalue weighted by Gasteiger charge is 2.29. The van der Waals surface area contributed by atoms with Crippen LogP contribution in [0, 0.1) is 6.92 Å². The van der Waals surface area contributed by atoms with Crippen LogP contribution in [-0.2, 0) is 0 Å². The van der Waals surface area contributed by atoms with Crippen molar-refractivity contribution in [2.75, 3.05) is 0 Å². The van der Waals surface area contributed by atoms with Crippen molar-refractivity contribution in [2.45, 2.75) is 6.92 Å². The number of benzene rings is 5. The highest BCUT2D eigenvalue weighted by atomic mass is 15.0. The van der Waals surface area contributed by atoms with E-state index in [1.807, 2.05) is 0 Å². The molecule has 0 unspecified atom stereocenters. The summed E-state index contributed by atoms with van der Waals surface area (Å²) in [7, 11) is 0. The maximum absolute atomic E-state index is 2.45. The molecule has 1 heteroatoms. The zero-order chi connectivity index (χ0) is 21.2. The smallest absolute Gasteiger partial charge is 0.0626 e. The molecule has 1 heterocycles. The van der Waals surface area contributed by atoms with Crippen molar-refractivity contribution in [3.8, 4) is 39.2 Å². The topological polar surface area (TPSA) is 4.93 Å². The van der Waals surface area contributed by atoms with Gasteiger partial charge < -0.3 is 4.57 Å². The minimum absolute atomic E-state index is 1.20. The van der Waals surface area contributed by atoms with Crippen LogP contribution in [0.25, 0.3) is 60.9 Å². The van der Waals surface area contributed by atoms with E-state index < -0.39 is 0 Å². The SMILES string of the molecule is Cc1ccc2c(c1)c1c(n2-c2ccc(-c3ccccc3)cc2)-c2cccc3cccc-1c23. The third-order valence-electron chi connectivity index (χ3n) is 6.78. The van der Waals surface area contributed by atoms with E-state index in [-0.39, 0.29) is 0 Å². The van der Waals surface area contributed by atoms with Gasteiger partial charge in [0, 0.05) is 22.2 Å². The highest BCUT2D eigenvalue weighted by molar-refractivity contribution is 6.22. The summed E-state index contributed by atoms with van der Waals surface area (Å²) in [5, 5.41) is 4.01. The first-order valence-electron chi connectivity index (χ1n) is 11.1. The summed E-state index contributed by atoms with van der Waals surface area (Å²) in [4.78, 5) is 0. The van der Waals surface area contributed by atoms with E-state index in [1.54, 1.807) is 0 Å². The van der Waals surface area contributed by atoms with Gasteiger partial charge in [0.15, 0.2) is 0 Å². The lowest BCUT2D eigenvalue weighted by Crippen LogP contribution is -1.96. The molecular weight excluding hydrogens is 386 g/mol. The van der Waals surface area contributed by atoms with Crippen LogP contribution in [-0.4, -0.2) is 4.57 Å². The molecule has 0 fully saturated rings. The molecule has 7 rings (SSSR count). The predicted molar refractivity (Wildman–Crippen MR) is 135 cm³/mol. The lowest BCUT2D eigenvalue weighted by atomic mass is 10.0. The van der Waals surface area contributed by atoms with Gasteiger partial charge in [-0.1, -0.05) is 90.5 Å². The molecule has 0 saturated carbocycles. The van der Waals surface area contributed by atoms with Gasteiger partial charge in [-0.3, -0.25) is 0 Å². The monoisotopic (exact) mass is 407 g/mol. The number of hydrogen-bond acceptors (Lipinski definition) is 0. The van der Waals surface area contributed by atoms with Crippen molar-refractivity contribution < 1.29 is 0 Å². The number of aryl methyl sites for hydroxylation is 1. The number of rotatable bonds is 2. The quantitative estimate of drug-likeness (QED) is 0.271. The number of hydrogen-bond donors (Lipinski definition) is 0. The second-order valence-corrected chi connectivity index (χ2v) is 8.70. The number of fused-ring (bicyclic) bond motifs is 5. The van der Waals surface area contributed by atoms with Crippen molar-refractivity contribution in [3.63, 3.8) is 0 Å². The Labute approximate surface area is 187 Å². The summed E-state index contributed by atoms with van der Waals surface area (Å²) in [6.45, 7) is 2.18. The molecule has 5 aromatic carbocycles. The van der Waals surface area contributed by atoms with Gasteiger partial charge in [-0.25, -0.2) is 0 Å². The minimum Gasteiger partial charge on any atom is -0.309 e. The molecule has 0 radical (unpaired) electrons. The second kappa shape index (κ2) is 6.45. The van der Waals surface area contributed by atoms with Gasteiger partial charge in [-0.2, -0.15) is 0 Å². The van der Waals surface area contributed by atoms with Gasteiger partial charge in [0.2, 0.25) is 0 Å². The first kappa shape index (κ1) is 17.6. The molecular formula is C31H21N. The molecule has 0 spiro atoms. The van der Waals surface area contributed by atoms with E-state index in [9.17, 15) is 0 Å². The third-order valence-corrected chi connectivity index (χ3v) is 6.78. The molecule has 0 N–H and O–H groups in total. The van der Waals surface area contributed by atoms with E-state index in [2.05, 4.69) is 121 Å². The van der Waals surface area contributed by atoms with Crippen LogP contribution in [0.2, 0.25) is 0 Å². The minimum atomic E-state index is 1.20.